The molecule has 1 atom stereocenters. The Morgan fingerprint density at radius 2 is 2.32 bits per heavy atom. The van der Waals surface area contributed by atoms with Crippen LogP contribution in [0.5, 0.6) is 0 Å². The molecular weight excluding hydrogens is 282 g/mol. The molecule has 4 rings (SSSR count). The molecule has 0 fully saturated rings. The molecule has 1 unspecified atom stereocenters. The number of aromatic nitrogens is 6. The van der Waals surface area contributed by atoms with Crippen molar-refractivity contribution in [3.05, 3.63) is 35.4 Å². The van der Waals surface area contributed by atoms with E-state index < -0.39 is 0 Å². The van der Waals surface area contributed by atoms with Gasteiger partial charge in [-0.3, -0.25) is 9.20 Å². The molecule has 0 spiro atoms. The smallest absolute Gasteiger partial charge is 0.260 e. The maximum atomic E-state index is 12.6. The van der Waals surface area contributed by atoms with Crippen molar-refractivity contribution in [2.45, 2.75) is 25.7 Å². The molecule has 22 heavy (non-hydrogen) atoms. The molecule has 0 aliphatic heterocycles. The highest BCUT2D eigenvalue weighted by atomic mass is 16.1. The SMILES string of the molecule is CC1CCc2c1cc(C(=O)Nc1cnn(C)n1)c1nncn21. The van der Waals surface area contributed by atoms with Gasteiger partial charge in [0.25, 0.3) is 5.91 Å². The first-order valence-electron chi connectivity index (χ1n) is 7.16. The molecule has 0 saturated carbocycles. The van der Waals surface area contributed by atoms with E-state index in [4.69, 9.17) is 0 Å². The minimum atomic E-state index is -0.250. The number of fused-ring (bicyclic) bond motifs is 3. The van der Waals surface area contributed by atoms with Gasteiger partial charge in [0.15, 0.2) is 11.5 Å². The summed E-state index contributed by atoms with van der Waals surface area (Å²) >= 11 is 0. The first-order chi connectivity index (χ1) is 10.6. The zero-order valence-electron chi connectivity index (χ0n) is 12.3. The largest absolute Gasteiger partial charge is 0.304 e. The van der Waals surface area contributed by atoms with Crippen LogP contribution in [0.1, 0.15) is 40.9 Å². The minimum Gasteiger partial charge on any atom is -0.304 e. The number of hydrogen-bond donors (Lipinski definition) is 1. The lowest BCUT2D eigenvalue weighted by molar-refractivity contribution is 0.102. The Labute approximate surface area is 126 Å². The molecule has 0 aromatic carbocycles. The average molecular weight is 297 g/mol. The monoisotopic (exact) mass is 297 g/mol. The van der Waals surface area contributed by atoms with Gasteiger partial charge in [0.2, 0.25) is 0 Å². The Kier molecular flexibility index (Phi) is 2.72. The summed E-state index contributed by atoms with van der Waals surface area (Å²) in [5.41, 5.74) is 3.48. The Bertz CT molecular complexity index is 879. The van der Waals surface area contributed by atoms with Crippen LogP contribution in [-0.4, -0.2) is 35.5 Å². The number of hydrogen-bond acceptors (Lipinski definition) is 5. The van der Waals surface area contributed by atoms with Crippen molar-refractivity contribution in [1.29, 1.82) is 0 Å². The molecule has 8 heteroatoms. The summed E-state index contributed by atoms with van der Waals surface area (Å²) in [4.78, 5) is 14.0. The van der Waals surface area contributed by atoms with Gasteiger partial charge in [-0.1, -0.05) is 6.92 Å². The second kappa shape index (κ2) is 4.62. The molecule has 1 aliphatic rings. The number of anilines is 1. The number of pyridine rings is 1. The third kappa shape index (κ3) is 1.87. The van der Waals surface area contributed by atoms with E-state index in [0.717, 1.165) is 12.8 Å². The Hall–Kier alpha value is -2.77. The van der Waals surface area contributed by atoms with Gasteiger partial charge in [0, 0.05) is 12.7 Å². The van der Waals surface area contributed by atoms with Crippen molar-refractivity contribution in [3.8, 4) is 0 Å². The molecule has 8 nitrogen and oxygen atoms in total. The third-order valence-corrected chi connectivity index (χ3v) is 4.14. The van der Waals surface area contributed by atoms with Crippen LogP contribution in [0.4, 0.5) is 5.82 Å². The van der Waals surface area contributed by atoms with Crippen molar-refractivity contribution < 1.29 is 4.79 Å². The van der Waals surface area contributed by atoms with Gasteiger partial charge >= 0.3 is 0 Å². The van der Waals surface area contributed by atoms with Crippen molar-refractivity contribution in [2.24, 2.45) is 7.05 Å². The Morgan fingerprint density at radius 1 is 1.45 bits per heavy atom. The molecule has 1 N–H and O–H groups in total. The lowest BCUT2D eigenvalue weighted by Gasteiger charge is -2.10. The van der Waals surface area contributed by atoms with Crippen LogP contribution in [0.25, 0.3) is 5.65 Å². The molecule has 0 bridgehead atoms. The van der Waals surface area contributed by atoms with E-state index in [9.17, 15) is 4.79 Å². The maximum absolute atomic E-state index is 12.6. The number of nitrogens with zero attached hydrogens (tertiary/aromatic N) is 6. The third-order valence-electron chi connectivity index (χ3n) is 4.14. The predicted octanol–water partition coefficient (Wildman–Crippen LogP) is 1.16. The number of carbonyl (C=O) groups excluding carboxylic acids is 1. The number of nitrogens with one attached hydrogen (secondary N) is 1. The fraction of sp³-hybridized carbons (Fsp3) is 0.357. The molecule has 3 aromatic heterocycles. The van der Waals surface area contributed by atoms with E-state index in [1.807, 2.05) is 10.5 Å². The zero-order valence-corrected chi connectivity index (χ0v) is 12.3. The van der Waals surface area contributed by atoms with Crippen molar-refractivity contribution in [2.75, 3.05) is 5.32 Å². The van der Waals surface area contributed by atoms with E-state index in [-0.39, 0.29) is 5.91 Å². The zero-order chi connectivity index (χ0) is 15.3. The second-order valence-electron chi connectivity index (χ2n) is 5.60. The van der Waals surface area contributed by atoms with Crippen molar-refractivity contribution in [1.82, 2.24) is 29.6 Å². The summed E-state index contributed by atoms with van der Waals surface area (Å²) in [5.74, 6) is 0.601. The van der Waals surface area contributed by atoms with Gasteiger partial charge < -0.3 is 5.32 Å². The second-order valence-corrected chi connectivity index (χ2v) is 5.60. The number of amides is 1. The molecule has 1 amide bonds. The number of carbonyl (C=O) groups is 1. The van der Waals surface area contributed by atoms with Gasteiger partial charge in [-0.15, -0.1) is 15.3 Å². The van der Waals surface area contributed by atoms with Gasteiger partial charge in [-0.2, -0.15) is 9.90 Å². The topological polar surface area (TPSA) is 90.0 Å². The van der Waals surface area contributed by atoms with Crippen molar-refractivity contribution >= 4 is 17.4 Å². The first kappa shape index (κ1) is 12.9. The van der Waals surface area contributed by atoms with Gasteiger partial charge in [0.1, 0.15) is 6.33 Å². The lowest BCUT2D eigenvalue weighted by Crippen LogP contribution is -2.15. The highest BCUT2D eigenvalue weighted by molar-refractivity contribution is 6.08. The standard InChI is InChI=1S/C14H15N7O/c1-8-3-4-11-9(8)5-10(13-18-15-7-21(11)13)14(22)17-12-6-16-20(2)19-12/h5-8H,3-4H2,1-2H3,(H,17,19,22). The van der Waals surface area contributed by atoms with Gasteiger partial charge in [0.05, 0.1) is 11.8 Å². The molecular formula is C14H15N7O. The normalized spacial score (nSPS) is 16.9. The van der Waals surface area contributed by atoms with E-state index >= 15 is 0 Å². The number of rotatable bonds is 2. The van der Waals surface area contributed by atoms with Gasteiger partial charge in [-0.25, -0.2) is 0 Å². The highest BCUT2D eigenvalue weighted by Gasteiger charge is 2.25. The quantitative estimate of drug-likeness (QED) is 0.766. The maximum Gasteiger partial charge on any atom is 0.260 e. The number of aryl methyl sites for hydroxylation is 2. The van der Waals surface area contributed by atoms with Crippen LogP contribution < -0.4 is 5.32 Å². The summed E-state index contributed by atoms with van der Waals surface area (Å²) in [6.45, 7) is 2.17. The molecule has 3 aromatic rings. The Balaban J connectivity index is 1.79. The average Bonchev–Trinajstić information content (AvgIpc) is 3.19. The van der Waals surface area contributed by atoms with Crippen LogP contribution in [0, 0.1) is 0 Å². The van der Waals surface area contributed by atoms with Crippen LogP contribution in [0.2, 0.25) is 0 Å². The lowest BCUT2D eigenvalue weighted by atomic mass is 10.0. The highest BCUT2D eigenvalue weighted by Crippen LogP contribution is 2.34. The predicted molar refractivity (Wildman–Crippen MR) is 78.7 cm³/mol. The first-order valence-corrected chi connectivity index (χ1v) is 7.16. The van der Waals surface area contributed by atoms with Crippen LogP contribution in [0.15, 0.2) is 18.6 Å². The van der Waals surface area contributed by atoms with Crippen LogP contribution in [-0.2, 0) is 13.5 Å². The molecule has 1 aliphatic carbocycles. The summed E-state index contributed by atoms with van der Waals surface area (Å²) in [7, 11) is 1.70. The molecule has 3 heterocycles. The minimum absolute atomic E-state index is 0.250. The summed E-state index contributed by atoms with van der Waals surface area (Å²) in [5, 5.41) is 18.8. The van der Waals surface area contributed by atoms with Crippen molar-refractivity contribution in [3.63, 3.8) is 0 Å². The van der Waals surface area contributed by atoms with Crippen LogP contribution in [0.3, 0.4) is 0 Å². The van der Waals surface area contributed by atoms with E-state index in [0.29, 0.717) is 22.9 Å². The molecule has 112 valence electrons. The van der Waals surface area contributed by atoms with E-state index in [2.05, 4.69) is 32.6 Å². The molecule has 0 radical (unpaired) electrons. The van der Waals surface area contributed by atoms with Crippen LogP contribution >= 0.6 is 0 Å². The summed E-state index contributed by atoms with van der Waals surface area (Å²) < 4.78 is 1.92. The molecule has 0 saturated heterocycles. The fourth-order valence-electron chi connectivity index (χ4n) is 3.01. The summed E-state index contributed by atoms with van der Waals surface area (Å²) in [6.07, 6.45) is 5.25. The van der Waals surface area contributed by atoms with Gasteiger partial charge in [-0.05, 0) is 30.4 Å². The van der Waals surface area contributed by atoms with E-state index in [1.54, 1.807) is 13.4 Å². The summed E-state index contributed by atoms with van der Waals surface area (Å²) in [6, 6.07) is 1.93. The fourth-order valence-corrected chi connectivity index (χ4v) is 3.01. The Morgan fingerprint density at radius 3 is 3.09 bits per heavy atom. The van der Waals surface area contributed by atoms with E-state index in [1.165, 1.54) is 22.3 Å².